The number of hydrogen-bond acceptors (Lipinski definition) is 8. The minimum Gasteiger partial charge on any atom is -0.380 e. The maximum Gasteiger partial charge on any atom is 0.439 e. The number of carbonyl (C=O) groups excluding carboxylic acids is 3. The number of H-pyrrole nitrogens is 1. The van der Waals surface area contributed by atoms with Gasteiger partial charge in [0.25, 0.3) is 11.8 Å². The summed E-state index contributed by atoms with van der Waals surface area (Å²) in [6.45, 7) is 1.76. The molecule has 3 amide bonds. The van der Waals surface area contributed by atoms with Gasteiger partial charge in [-0.25, -0.2) is 4.79 Å². The molecule has 0 bridgehead atoms. The molecular formula is C22H21N5O7. The third kappa shape index (κ3) is 5.03. The zero-order chi connectivity index (χ0) is 24.2. The Morgan fingerprint density at radius 1 is 1.09 bits per heavy atom. The molecule has 1 fully saturated rings. The first-order valence-corrected chi connectivity index (χ1v) is 10.3. The first-order valence-electron chi connectivity index (χ1n) is 10.3. The number of hydrogen-bond donors (Lipinski definition) is 4. The second-order valence-corrected chi connectivity index (χ2v) is 7.46. The summed E-state index contributed by atoms with van der Waals surface area (Å²) in [5.74, 6) is -2.05. The van der Waals surface area contributed by atoms with Crippen LogP contribution in [0.4, 0.5) is 17.1 Å². The van der Waals surface area contributed by atoms with Gasteiger partial charge in [-0.2, -0.15) is 0 Å². The van der Waals surface area contributed by atoms with Crippen molar-refractivity contribution < 1.29 is 28.8 Å². The highest BCUT2D eigenvalue weighted by Gasteiger charge is 2.39. The molecule has 1 aliphatic rings. The summed E-state index contributed by atoms with van der Waals surface area (Å²) in [5, 5.41) is 19.3. The van der Waals surface area contributed by atoms with Gasteiger partial charge in [0.15, 0.2) is 18.0 Å². The van der Waals surface area contributed by atoms with Crippen LogP contribution in [0, 0.1) is 0 Å². The summed E-state index contributed by atoms with van der Waals surface area (Å²) in [5.41, 5.74) is 2.03. The van der Waals surface area contributed by atoms with E-state index in [0.717, 1.165) is 0 Å². The molecule has 2 heterocycles. The fourth-order valence-corrected chi connectivity index (χ4v) is 3.44. The highest BCUT2D eigenvalue weighted by molar-refractivity contribution is 6.04. The Balaban J connectivity index is 1.41. The number of rotatable bonds is 6. The van der Waals surface area contributed by atoms with Crippen LogP contribution in [0.2, 0.25) is 0 Å². The second kappa shape index (κ2) is 9.68. The number of aromatic amines is 1. The number of nitrogens with zero attached hydrogens (tertiary/aromatic N) is 2. The summed E-state index contributed by atoms with van der Waals surface area (Å²) in [7, 11) is 0. The molecule has 12 heteroatoms. The number of morpholine rings is 1. The molecule has 0 radical (unpaired) electrons. The largest absolute Gasteiger partial charge is 0.439 e. The minimum atomic E-state index is -1.75. The topological polar surface area (TPSA) is 167 Å². The van der Waals surface area contributed by atoms with Gasteiger partial charge in [-0.05, 0) is 48.5 Å². The molecular weight excluding hydrogens is 446 g/mol. The predicted octanol–water partition coefficient (Wildman–Crippen LogP) is 0.720. The summed E-state index contributed by atoms with van der Waals surface area (Å²) >= 11 is 0. The number of nitrogens with one attached hydrogen (secondary N) is 3. The van der Waals surface area contributed by atoms with Crippen molar-refractivity contribution in [3.05, 3.63) is 59.1 Å². The Kier molecular flexibility index (Phi) is 6.52. The van der Waals surface area contributed by atoms with Crippen LogP contribution in [0.15, 0.2) is 57.8 Å². The lowest BCUT2D eigenvalue weighted by atomic mass is 10.1. The van der Waals surface area contributed by atoms with E-state index in [4.69, 9.17) is 4.74 Å². The number of aliphatic hydroxyl groups is 1. The number of ether oxygens (including phenoxy) is 1. The lowest BCUT2D eigenvalue weighted by molar-refractivity contribution is -0.150. The highest BCUT2D eigenvalue weighted by Crippen LogP contribution is 2.23. The van der Waals surface area contributed by atoms with Crippen LogP contribution in [0.25, 0.3) is 11.4 Å². The molecule has 0 aliphatic carbocycles. The molecule has 1 saturated heterocycles. The van der Waals surface area contributed by atoms with Crippen molar-refractivity contribution in [2.75, 3.05) is 28.7 Å². The Morgan fingerprint density at radius 3 is 2.35 bits per heavy atom. The smallest absolute Gasteiger partial charge is 0.380 e. The monoisotopic (exact) mass is 467 g/mol. The van der Waals surface area contributed by atoms with Gasteiger partial charge in [-0.1, -0.05) is 5.16 Å². The molecule has 1 aliphatic heterocycles. The third-order valence-corrected chi connectivity index (χ3v) is 5.04. The minimum absolute atomic E-state index is 0.124. The highest BCUT2D eigenvalue weighted by atomic mass is 16.5. The molecule has 176 valence electrons. The summed E-state index contributed by atoms with van der Waals surface area (Å²) < 4.78 is 9.86. The van der Waals surface area contributed by atoms with Gasteiger partial charge in [0.2, 0.25) is 5.91 Å². The molecule has 3 aromatic rings. The van der Waals surface area contributed by atoms with Crippen molar-refractivity contribution in [2.45, 2.75) is 19.1 Å². The molecule has 4 rings (SSSR count). The molecule has 2 aromatic carbocycles. The Hall–Kier alpha value is -4.29. The predicted molar refractivity (Wildman–Crippen MR) is 120 cm³/mol. The van der Waals surface area contributed by atoms with Gasteiger partial charge in [0.05, 0.1) is 6.61 Å². The van der Waals surface area contributed by atoms with Gasteiger partial charge in [-0.3, -0.25) is 23.9 Å². The molecule has 12 nitrogen and oxygen atoms in total. The van der Waals surface area contributed by atoms with Gasteiger partial charge < -0.3 is 25.4 Å². The standard InChI is InChI=1S/C22H21N5O7/c1-12(28)23-14-6-8-16(9-7-14)27-10-11-33-18(21(27)31)17(29)20(30)24-15-4-2-13(3-5-15)19-25-22(32)34-26-19/h2-9,17-18,29H,10-11H2,1H3,(H,23,28)(H,24,30)(H,25,26,32)/t17-,18-/m1/s1. The fourth-order valence-electron chi connectivity index (χ4n) is 3.44. The van der Waals surface area contributed by atoms with E-state index >= 15 is 0 Å². The molecule has 1 aromatic heterocycles. The zero-order valence-electron chi connectivity index (χ0n) is 18.0. The van der Waals surface area contributed by atoms with Crippen molar-refractivity contribution >= 4 is 34.8 Å². The number of amides is 3. The average molecular weight is 467 g/mol. The number of carbonyl (C=O) groups is 3. The van der Waals surface area contributed by atoms with Crippen LogP contribution in [-0.4, -0.2) is 58.3 Å². The van der Waals surface area contributed by atoms with E-state index < -0.39 is 29.8 Å². The van der Waals surface area contributed by atoms with E-state index in [1.165, 1.54) is 11.8 Å². The van der Waals surface area contributed by atoms with Gasteiger partial charge in [0.1, 0.15) is 0 Å². The van der Waals surface area contributed by atoms with Gasteiger partial charge >= 0.3 is 5.76 Å². The lowest BCUT2D eigenvalue weighted by Gasteiger charge is -2.34. The van der Waals surface area contributed by atoms with Crippen LogP contribution in [0.1, 0.15) is 6.92 Å². The zero-order valence-corrected chi connectivity index (χ0v) is 18.0. The number of aromatic nitrogens is 2. The van der Waals surface area contributed by atoms with E-state index in [-0.39, 0.29) is 24.9 Å². The average Bonchev–Trinajstić information content (AvgIpc) is 3.26. The maximum atomic E-state index is 12.9. The molecule has 0 saturated carbocycles. The second-order valence-electron chi connectivity index (χ2n) is 7.46. The fraction of sp³-hybridized carbons (Fsp3) is 0.227. The Morgan fingerprint density at radius 2 is 1.74 bits per heavy atom. The summed E-state index contributed by atoms with van der Waals surface area (Å²) in [6.07, 6.45) is -3.14. The first kappa shape index (κ1) is 22.9. The third-order valence-electron chi connectivity index (χ3n) is 5.04. The lowest BCUT2D eigenvalue weighted by Crippen LogP contribution is -2.55. The molecule has 0 unspecified atom stereocenters. The van der Waals surface area contributed by atoms with Gasteiger partial charge in [-0.15, -0.1) is 0 Å². The quantitative estimate of drug-likeness (QED) is 0.411. The normalized spacial score (nSPS) is 16.7. The van der Waals surface area contributed by atoms with Crippen LogP contribution >= 0.6 is 0 Å². The van der Waals surface area contributed by atoms with E-state index in [1.807, 2.05) is 0 Å². The molecule has 0 spiro atoms. The van der Waals surface area contributed by atoms with Crippen LogP contribution in [0.3, 0.4) is 0 Å². The van der Waals surface area contributed by atoms with Crippen LogP contribution < -0.4 is 21.3 Å². The SMILES string of the molecule is CC(=O)Nc1ccc(N2CCO[C@H]([C@@H](O)C(=O)Nc3ccc(-c4noc(=O)[nH]4)cc3)C2=O)cc1. The van der Waals surface area contributed by atoms with E-state index in [9.17, 15) is 24.3 Å². The van der Waals surface area contributed by atoms with E-state index in [0.29, 0.717) is 22.6 Å². The molecule has 2 atom stereocenters. The van der Waals surface area contributed by atoms with Crippen molar-refractivity contribution in [3.63, 3.8) is 0 Å². The van der Waals surface area contributed by atoms with Crippen molar-refractivity contribution in [2.24, 2.45) is 0 Å². The number of aliphatic hydroxyl groups excluding tert-OH is 1. The van der Waals surface area contributed by atoms with Gasteiger partial charge in [0, 0.05) is 36.1 Å². The summed E-state index contributed by atoms with van der Waals surface area (Å²) in [4.78, 5) is 51.6. The number of benzene rings is 2. The van der Waals surface area contributed by atoms with E-state index in [2.05, 4.69) is 25.3 Å². The summed E-state index contributed by atoms with van der Waals surface area (Å²) in [6, 6.07) is 12.9. The Bertz CT molecular complexity index is 1250. The van der Waals surface area contributed by atoms with Crippen LogP contribution in [0.5, 0.6) is 0 Å². The first-order chi connectivity index (χ1) is 16.3. The Labute approximate surface area is 192 Å². The molecule has 34 heavy (non-hydrogen) atoms. The maximum absolute atomic E-state index is 12.9. The van der Waals surface area contributed by atoms with Crippen LogP contribution in [-0.2, 0) is 19.1 Å². The van der Waals surface area contributed by atoms with E-state index in [1.54, 1.807) is 48.5 Å². The van der Waals surface area contributed by atoms with Crippen molar-refractivity contribution in [1.82, 2.24) is 10.1 Å². The molecule has 4 N–H and O–H groups in total. The van der Waals surface area contributed by atoms with Crippen molar-refractivity contribution in [3.8, 4) is 11.4 Å². The van der Waals surface area contributed by atoms with Crippen molar-refractivity contribution in [1.29, 1.82) is 0 Å². The number of anilines is 3.